The summed E-state index contributed by atoms with van der Waals surface area (Å²) in [6.07, 6.45) is 9.40. The van der Waals surface area contributed by atoms with Crippen LogP contribution >= 0.6 is 11.3 Å². The zero-order valence-corrected chi connectivity index (χ0v) is 12.5. The maximum Gasteiger partial charge on any atom is 0.180 e. The Morgan fingerprint density at radius 3 is 2.80 bits per heavy atom. The highest BCUT2D eigenvalue weighted by Gasteiger charge is 2.19. The molecule has 5 nitrogen and oxygen atoms in total. The number of nitrogens with two attached hydrogens (primary N) is 1. The third-order valence-corrected chi connectivity index (χ3v) is 4.66. The van der Waals surface area contributed by atoms with Gasteiger partial charge >= 0.3 is 0 Å². The van der Waals surface area contributed by atoms with Crippen molar-refractivity contribution < 1.29 is 0 Å². The molecule has 2 aromatic rings. The number of hydrogen-bond donors (Lipinski definition) is 2. The normalized spacial score (nSPS) is 16.6. The zero-order valence-electron chi connectivity index (χ0n) is 11.6. The molecule has 2 aromatic heterocycles. The summed E-state index contributed by atoms with van der Waals surface area (Å²) in [6, 6.07) is 0. The van der Waals surface area contributed by atoms with Crippen LogP contribution in [0.5, 0.6) is 0 Å². The lowest BCUT2D eigenvalue weighted by Crippen LogP contribution is -2.06. The third-order valence-electron chi connectivity index (χ3n) is 3.94. The molecule has 0 aromatic carbocycles. The van der Waals surface area contributed by atoms with E-state index < -0.39 is 0 Å². The largest absolute Gasteiger partial charge is 0.375 e. The van der Waals surface area contributed by atoms with Crippen molar-refractivity contribution in [3.05, 3.63) is 22.7 Å². The van der Waals surface area contributed by atoms with Gasteiger partial charge in [0.2, 0.25) is 0 Å². The van der Waals surface area contributed by atoms with E-state index in [9.17, 15) is 0 Å². The second-order valence-corrected chi connectivity index (χ2v) is 6.40. The number of hydrogen-bond acceptors (Lipinski definition) is 5. The van der Waals surface area contributed by atoms with E-state index in [2.05, 4.69) is 20.2 Å². The number of anilines is 1. The molecule has 1 aliphatic rings. The molecule has 20 heavy (non-hydrogen) atoms. The van der Waals surface area contributed by atoms with Gasteiger partial charge < -0.3 is 5.73 Å². The van der Waals surface area contributed by atoms with Gasteiger partial charge in [-0.15, -0.1) is 11.3 Å². The quantitative estimate of drug-likeness (QED) is 0.887. The van der Waals surface area contributed by atoms with E-state index in [-0.39, 0.29) is 0 Å². The van der Waals surface area contributed by atoms with Gasteiger partial charge in [-0.05, 0) is 25.7 Å². The summed E-state index contributed by atoms with van der Waals surface area (Å²) in [6.45, 7) is 0. The lowest BCUT2D eigenvalue weighted by atomic mass is 9.89. The van der Waals surface area contributed by atoms with E-state index in [1.165, 1.54) is 43.4 Å². The molecule has 1 aliphatic carbocycles. The van der Waals surface area contributed by atoms with Crippen molar-refractivity contribution in [1.82, 2.24) is 20.2 Å². The lowest BCUT2D eigenvalue weighted by Gasteiger charge is -2.17. The summed E-state index contributed by atoms with van der Waals surface area (Å²) in [4.78, 5) is 8.93. The molecule has 0 aliphatic heterocycles. The highest BCUT2D eigenvalue weighted by molar-refractivity contribution is 7.13. The van der Waals surface area contributed by atoms with Crippen LogP contribution in [0.15, 0.2) is 5.38 Å². The minimum Gasteiger partial charge on any atom is -0.375 e. The molecular weight excluding hydrogens is 270 g/mol. The molecule has 0 amide bonds. The number of aromatic nitrogens is 4. The highest BCUT2D eigenvalue weighted by Crippen LogP contribution is 2.30. The summed E-state index contributed by atoms with van der Waals surface area (Å²) in [7, 11) is 0. The van der Waals surface area contributed by atoms with Gasteiger partial charge in [0.1, 0.15) is 5.82 Å². The van der Waals surface area contributed by atoms with Gasteiger partial charge in [-0.25, -0.2) is 9.97 Å². The Balaban J connectivity index is 1.49. The van der Waals surface area contributed by atoms with Crippen molar-refractivity contribution >= 4 is 16.5 Å². The van der Waals surface area contributed by atoms with E-state index in [1.54, 1.807) is 0 Å². The predicted molar refractivity (Wildman–Crippen MR) is 80.8 cm³/mol. The van der Waals surface area contributed by atoms with E-state index in [0.717, 1.165) is 36.6 Å². The van der Waals surface area contributed by atoms with Crippen molar-refractivity contribution in [2.75, 3.05) is 5.73 Å². The number of H-pyrrole nitrogens is 1. The van der Waals surface area contributed by atoms with Crippen LogP contribution in [-0.2, 0) is 12.8 Å². The molecule has 108 valence electrons. The van der Waals surface area contributed by atoms with Crippen molar-refractivity contribution in [1.29, 1.82) is 0 Å². The van der Waals surface area contributed by atoms with Crippen LogP contribution in [-0.4, -0.2) is 20.2 Å². The second kappa shape index (κ2) is 6.35. The van der Waals surface area contributed by atoms with Crippen LogP contribution < -0.4 is 5.73 Å². The first-order valence-electron chi connectivity index (χ1n) is 7.42. The molecule has 0 saturated heterocycles. The fourth-order valence-corrected chi connectivity index (χ4v) is 3.44. The predicted octanol–water partition coefficient (Wildman–Crippen LogP) is 3.07. The number of rotatable bonds is 5. The Morgan fingerprint density at radius 2 is 2.05 bits per heavy atom. The Labute approximate surface area is 123 Å². The van der Waals surface area contributed by atoms with Crippen molar-refractivity contribution in [3.63, 3.8) is 0 Å². The minimum absolute atomic E-state index is 0.576. The molecule has 1 saturated carbocycles. The van der Waals surface area contributed by atoms with Gasteiger partial charge in [0.05, 0.1) is 5.69 Å². The van der Waals surface area contributed by atoms with Crippen LogP contribution in [0, 0.1) is 0 Å². The monoisotopic (exact) mass is 291 g/mol. The van der Waals surface area contributed by atoms with E-state index in [4.69, 9.17) is 5.73 Å². The van der Waals surface area contributed by atoms with Gasteiger partial charge in [0, 0.05) is 17.7 Å². The minimum atomic E-state index is 0.576. The Kier molecular flexibility index (Phi) is 4.30. The first-order valence-corrected chi connectivity index (χ1v) is 8.30. The van der Waals surface area contributed by atoms with Crippen LogP contribution in [0.4, 0.5) is 5.13 Å². The standard InChI is InChI=1S/C14H21N5S/c15-14-16-11(9-20-14)7-4-8-12-17-13(19-18-12)10-5-2-1-3-6-10/h9-10H,1-8H2,(H2,15,16)(H,17,18,19). The highest BCUT2D eigenvalue weighted by atomic mass is 32.1. The van der Waals surface area contributed by atoms with Gasteiger partial charge in [-0.1, -0.05) is 19.3 Å². The molecule has 0 spiro atoms. The van der Waals surface area contributed by atoms with Gasteiger partial charge in [-0.2, -0.15) is 5.10 Å². The molecule has 3 N–H and O–H groups in total. The number of nitrogens with zero attached hydrogens (tertiary/aromatic N) is 3. The van der Waals surface area contributed by atoms with Crippen molar-refractivity contribution in [3.8, 4) is 0 Å². The average Bonchev–Trinajstić information content (AvgIpc) is 3.09. The third kappa shape index (κ3) is 3.36. The summed E-state index contributed by atoms with van der Waals surface area (Å²) in [5, 5.41) is 10.2. The lowest BCUT2D eigenvalue weighted by molar-refractivity contribution is 0.429. The number of thiazole rings is 1. The molecule has 2 heterocycles. The smallest absolute Gasteiger partial charge is 0.180 e. The molecule has 3 rings (SSSR count). The van der Waals surface area contributed by atoms with Crippen molar-refractivity contribution in [2.45, 2.75) is 57.3 Å². The van der Waals surface area contributed by atoms with E-state index in [1.807, 2.05) is 5.38 Å². The first kappa shape index (κ1) is 13.5. The fraction of sp³-hybridized carbons (Fsp3) is 0.643. The van der Waals surface area contributed by atoms with Crippen LogP contribution in [0.25, 0.3) is 0 Å². The summed E-state index contributed by atoms with van der Waals surface area (Å²) in [5.41, 5.74) is 6.71. The second-order valence-electron chi connectivity index (χ2n) is 5.51. The van der Waals surface area contributed by atoms with Crippen molar-refractivity contribution in [2.24, 2.45) is 0 Å². The first-order chi connectivity index (χ1) is 9.81. The summed E-state index contributed by atoms with van der Waals surface area (Å²) in [5.74, 6) is 2.61. The number of aryl methyl sites for hydroxylation is 2. The molecule has 0 unspecified atom stereocenters. The molecule has 1 fully saturated rings. The molecular formula is C14H21N5S. The topological polar surface area (TPSA) is 80.5 Å². The maximum absolute atomic E-state index is 5.63. The molecule has 0 radical (unpaired) electrons. The Bertz CT molecular complexity index is 541. The van der Waals surface area contributed by atoms with Crippen LogP contribution in [0.2, 0.25) is 0 Å². The van der Waals surface area contributed by atoms with Gasteiger partial charge in [-0.3, -0.25) is 5.10 Å². The Hall–Kier alpha value is -1.43. The van der Waals surface area contributed by atoms with Crippen LogP contribution in [0.3, 0.4) is 0 Å². The number of nitrogen functional groups attached to an aromatic ring is 1. The SMILES string of the molecule is Nc1nc(CCCc2nc(C3CCCCC3)n[nH]2)cs1. The van der Waals surface area contributed by atoms with Crippen LogP contribution in [0.1, 0.15) is 61.8 Å². The zero-order chi connectivity index (χ0) is 13.8. The molecule has 0 atom stereocenters. The van der Waals surface area contributed by atoms with E-state index >= 15 is 0 Å². The fourth-order valence-electron chi connectivity index (χ4n) is 2.84. The average molecular weight is 291 g/mol. The number of aromatic amines is 1. The molecule has 6 heteroatoms. The summed E-state index contributed by atoms with van der Waals surface area (Å²) >= 11 is 1.50. The van der Waals surface area contributed by atoms with Gasteiger partial charge in [0.25, 0.3) is 0 Å². The van der Waals surface area contributed by atoms with Gasteiger partial charge in [0.15, 0.2) is 11.0 Å². The maximum atomic E-state index is 5.63. The summed E-state index contributed by atoms with van der Waals surface area (Å²) < 4.78 is 0. The molecule has 0 bridgehead atoms. The Morgan fingerprint density at radius 1 is 1.20 bits per heavy atom. The number of nitrogens with one attached hydrogen (secondary N) is 1. The van der Waals surface area contributed by atoms with E-state index in [0.29, 0.717) is 11.0 Å².